The Hall–Kier alpha value is -7.71. The first-order valence-electron chi connectivity index (χ1n) is 33.4. The highest BCUT2D eigenvalue weighted by Crippen LogP contribution is 2.65. The van der Waals surface area contributed by atoms with Crippen molar-refractivity contribution in [2.24, 2.45) is 35.5 Å². The minimum Gasteiger partial charge on any atom is -0.482 e. The summed E-state index contributed by atoms with van der Waals surface area (Å²) in [6.07, 6.45) is 26.1. The van der Waals surface area contributed by atoms with Crippen molar-refractivity contribution in [3.8, 4) is 5.75 Å². The molecule has 14 atom stereocenters. The lowest BCUT2D eigenvalue weighted by Crippen LogP contribution is -2.62. The SMILES string of the molecule is C/C(CO)=C1\CCc2ccc3c(c2)/C=C/C2=C[C@@H]4CCC[C@@H]5C=Cc6ccccc6[C@@]45c4cccc(c42)[C@@H]2C=C[C@H]3[C@@H](CC(=O)O[C@@H]3c4c(ccc5c(CO)c([C@H](CCO)COCO)c(=O)oc45)O[C@]4(CCC[C@@H]5[C@H]6C=Cc7ccccc7[C@H]6C[C@@H]54)[C@H]3OC1=O)C2. The van der Waals surface area contributed by atoms with E-state index in [1.165, 1.54) is 44.5 Å². The van der Waals surface area contributed by atoms with Crippen LogP contribution in [0, 0.1) is 35.5 Å². The molecule has 0 saturated heterocycles. The zero-order valence-electron chi connectivity index (χ0n) is 51.4. The van der Waals surface area contributed by atoms with Gasteiger partial charge < -0.3 is 43.8 Å². The molecule has 466 valence electrons. The van der Waals surface area contributed by atoms with Crippen molar-refractivity contribution in [3.63, 3.8) is 0 Å². The highest BCUT2D eigenvalue weighted by molar-refractivity contribution is 5.91. The summed E-state index contributed by atoms with van der Waals surface area (Å²) in [6.45, 7) is -0.319. The summed E-state index contributed by atoms with van der Waals surface area (Å²) >= 11 is 0. The third kappa shape index (κ3) is 9.19. The quantitative estimate of drug-likeness (QED) is 0.0373. The average molecular weight is 1220 g/mol. The van der Waals surface area contributed by atoms with Crippen molar-refractivity contribution in [1.82, 2.24) is 0 Å². The van der Waals surface area contributed by atoms with Crippen LogP contribution in [0.4, 0.5) is 0 Å². The Kier molecular flexibility index (Phi) is 14.8. The molecule has 4 heterocycles. The summed E-state index contributed by atoms with van der Waals surface area (Å²) in [5.41, 5.74) is 12.3. The van der Waals surface area contributed by atoms with Crippen molar-refractivity contribution in [2.75, 3.05) is 26.6 Å². The van der Waals surface area contributed by atoms with Crippen molar-refractivity contribution in [2.45, 2.75) is 137 Å². The molecule has 18 rings (SSSR count). The lowest BCUT2D eigenvalue weighted by atomic mass is 9.48. The maximum atomic E-state index is 16.2. The van der Waals surface area contributed by atoms with Gasteiger partial charge >= 0.3 is 17.6 Å². The van der Waals surface area contributed by atoms with E-state index in [1.807, 2.05) is 0 Å². The molecule has 0 amide bonds. The number of ether oxygens (including phenoxy) is 4. The smallest absolute Gasteiger partial charge is 0.340 e. The van der Waals surface area contributed by atoms with Crippen LogP contribution in [0.15, 0.2) is 154 Å². The molecule has 3 aliphatic heterocycles. The molecule has 12 aliphatic rings. The first kappa shape index (κ1) is 58.4. The van der Waals surface area contributed by atoms with Crippen LogP contribution in [-0.4, -0.2) is 70.7 Å². The fourth-order valence-electron chi connectivity index (χ4n) is 19.7. The Morgan fingerprint density at radius 2 is 1.57 bits per heavy atom. The number of carbonyl (C=O) groups is 2. The van der Waals surface area contributed by atoms with Gasteiger partial charge in [0.05, 0.1) is 25.4 Å². The molecule has 0 radical (unpaired) electrons. The van der Waals surface area contributed by atoms with Gasteiger partial charge in [-0.1, -0.05) is 146 Å². The Morgan fingerprint density at radius 3 is 2.43 bits per heavy atom. The Morgan fingerprint density at radius 1 is 0.747 bits per heavy atom. The number of esters is 2. The van der Waals surface area contributed by atoms with E-state index in [-0.39, 0.29) is 108 Å². The van der Waals surface area contributed by atoms with Gasteiger partial charge in [0.15, 0.2) is 17.8 Å². The molecule has 0 unspecified atom stereocenters. The minimum absolute atomic E-state index is 0.0122. The van der Waals surface area contributed by atoms with Gasteiger partial charge in [-0.25, -0.2) is 9.59 Å². The lowest BCUT2D eigenvalue weighted by molar-refractivity contribution is -0.212. The number of aryl methyl sites for hydroxylation is 1. The second-order valence-corrected chi connectivity index (χ2v) is 27.6. The second kappa shape index (κ2) is 23.1. The summed E-state index contributed by atoms with van der Waals surface area (Å²) < 4.78 is 34.1. The van der Waals surface area contributed by atoms with E-state index in [9.17, 15) is 25.2 Å². The zero-order valence-corrected chi connectivity index (χ0v) is 51.4. The number of fused-ring (bicyclic) bond motifs is 17. The molecular weight excluding hydrogens is 1140 g/mol. The maximum Gasteiger partial charge on any atom is 0.340 e. The Labute approximate surface area is 530 Å². The van der Waals surface area contributed by atoms with E-state index in [4.69, 9.17) is 23.4 Å². The van der Waals surface area contributed by atoms with Crippen molar-refractivity contribution in [1.29, 1.82) is 0 Å². The fourth-order valence-corrected chi connectivity index (χ4v) is 19.7. The zero-order chi connectivity index (χ0) is 61.9. The molecule has 12 heteroatoms. The van der Waals surface area contributed by atoms with Crippen molar-refractivity contribution in [3.05, 3.63) is 227 Å². The van der Waals surface area contributed by atoms with Gasteiger partial charge in [-0.3, -0.25) is 4.79 Å². The molecule has 4 N–H and O–H groups in total. The monoisotopic (exact) mass is 1220 g/mol. The minimum atomic E-state index is -1.40. The molecule has 3 fully saturated rings. The van der Waals surface area contributed by atoms with Crippen molar-refractivity contribution >= 4 is 46.7 Å². The van der Waals surface area contributed by atoms with Crippen LogP contribution in [0.1, 0.15) is 180 Å². The second-order valence-electron chi connectivity index (χ2n) is 27.6. The number of rotatable bonds is 8. The van der Waals surface area contributed by atoms with Crippen LogP contribution in [-0.2, 0) is 42.2 Å². The molecule has 5 aromatic carbocycles. The summed E-state index contributed by atoms with van der Waals surface area (Å²) in [5, 5.41) is 42.8. The topological polar surface area (TPSA) is 182 Å². The lowest BCUT2D eigenvalue weighted by Gasteiger charge is -2.54. The van der Waals surface area contributed by atoms with E-state index < -0.39 is 61.3 Å². The first-order valence-corrected chi connectivity index (χ1v) is 33.4. The predicted molar refractivity (Wildman–Crippen MR) is 348 cm³/mol. The van der Waals surface area contributed by atoms with E-state index in [2.05, 4.69) is 140 Å². The summed E-state index contributed by atoms with van der Waals surface area (Å²) in [7, 11) is 0. The normalized spacial score (nSPS) is 31.6. The maximum absolute atomic E-state index is 16.2. The van der Waals surface area contributed by atoms with Crippen LogP contribution >= 0.6 is 0 Å². The molecule has 6 aromatic rings. The highest BCUT2D eigenvalue weighted by atomic mass is 16.6. The molecular formula is C79H78O12. The third-order valence-electron chi connectivity index (χ3n) is 23.5. The van der Waals surface area contributed by atoms with E-state index in [0.29, 0.717) is 53.9 Å². The van der Waals surface area contributed by atoms with Crippen LogP contribution in [0.3, 0.4) is 0 Å². The first-order chi connectivity index (χ1) is 44.5. The van der Waals surface area contributed by atoms with Gasteiger partial charge in [-0.2, -0.15) is 0 Å². The Bertz CT molecular complexity index is 4210. The summed E-state index contributed by atoms with van der Waals surface area (Å²) in [5.74, 6) is -1.40. The van der Waals surface area contributed by atoms with Gasteiger partial charge in [0.25, 0.3) is 0 Å². The van der Waals surface area contributed by atoms with Gasteiger partial charge in [0.2, 0.25) is 0 Å². The largest absolute Gasteiger partial charge is 0.482 e. The number of benzene rings is 5. The number of aliphatic hydroxyl groups excluding tert-OH is 4. The van der Waals surface area contributed by atoms with E-state index in [1.54, 1.807) is 19.1 Å². The molecule has 9 aliphatic carbocycles. The summed E-state index contributed by atoms with van der Waals surface area (Å²) in [4.78, 5) is 46.9. The number of carbonyl (C=O) groups excluding carboxylic acids is 2. The number of hydrogen-bond donors (Lipinski definition) is 4. The molecule has 2 spiro atoms. The number of aliphatic hydroxyl groups is 4. The van der Waals surface area contributed by atoms with Crippen molar-refractivity contribution < 1.29 is 53.4 Å². The van der Waals surface area contributed by atoms with E-state index >= 15 is 9.59 Å². The fraction of sp³-hybridized carbons (Fsp3) is 0.405. The van der Waals surface area contributed by atoms with Gasteiger partial charge in [-0.05, 0) is 191 Å². The van der Waals surface area contributed by atoms with Gasteiger partial charge in [0.1, 0.15) is 18.1 Å². The molecule has 91 heavy (non-hydrogen) atoms. The molecule has 3 saturated carbocycles. The van der Waals surface area contributed by atoms with Crippen LogP contribution in [0.25, 0.3) is 34.8 Å². The molecule has 6 bridgehead atoms. The van der Waals surface area contributed by atoms with Gasteiger partial charge in [-0.15, -0.1) is 0 Å². The number of allylic oxidation sites excluding steroid dienone is 7. The molecule has 1 aromatic heterocycles. The average Bonchev–Trinajstić information content (AvgIpc) is 1.58. The molecule has 12 nitrogen and oxygen atoms in total. The number of hydrogen-bond acceptors (Lipinski definition) is 12. The Balaban J connectivity index is 0.884. The van der Waals surface area contributed by atoms with Crippen LogP contribution in [0.2, 0.25) is 0 Å². The highest BCUT2D eigenvalue weighted by Gasteiger charge is 2.65. The predicted octanol–water partition coefficient (Wildman–Crippen LogP) is 13.5. The third-order valence-corrected chi connectivity index (χ3v) is 23.5. The summed E-state index contributed by atoms with van der Waals surface area (Å²) in [6, 6.07) is 34.7. The van der Waals surface area contributed by atoms with E-state index in [0.717, 1.165) is 48.8 Å². The van der Waals surface area contributed by atoms with Crippen LogP contribution in [0.5, 0.6) is 5.75 Å². The van der Waals surface area contributed by atoms with Crippen LogP contribution < -0.4 is 10.4 Å². The van der Waals surface area contributed by atoms with Gasteiger partial charge in [0, 0.05) is 58.6 Å². The standard InChI is InChI=1S/C79H78O12/c1-44(40-81)55-26-18-45-19-27-57-48(35-45)20-21-50-37-54-12-6-11-53-25-22-47-10-3-5-16-65(47)79(53,54)66-17-7-14-59(70(50)66)49-24-28-58(57)52(36-49)38-69(84)88-74-72-68(31-30-62-64(41-82)71(77(86)89-73(62)72)51(32-34-80)42-87-43-83)91-78(75(74)90-76(55)85)33-8-15-61-60-29-23-46-9-2-4-13-56(46)63(60)39-67(61)78/h2-5,7,9-10,13-14,16-17,19-25,27-31,35,37,49,51-54,58,60-61,63,67,74-75,80-83H,6,8,11-12,15,18,26,32-34,36,38-43H2,1H3/b21-20+,55-44-/t49-,51-,52-,53-,54+,58+,60-,61-,63-,67+,74-,75+,78+,79+/m1/s1.